The first-order valence-corrected chi connectivity index (χ1v) is 8.33. The van der Waals surface area contributed by atoms with Crippen LogP contribution < -0.4 is 0 Å². The van der Waals surface area contributed by atoms with E-state index in [1.165, 1.54) is 0 Å². The van der Waals surface area contributed by atoms with Gasteiger partial charge in [0.25, 0.3) is 0 Å². The first-order valence-electron chi connectivity index (χ1n) is 3.81. The molecule has 0 aromatic carbocycles. The zero-order valence-electron chi connectivity index (χ0n) is 7.57. The van der Waals surface area contributed by atoms with E-state index in [0.29, 0.717) is 12.8 Å². The second kappa shape index (κ2) is 4.59. The van der Waals surface area contributed by atoms with E-state index in [1.54, 1.807) is 0 Å². The number of phosphoric ester groups is 1. The zero-order chi connectivity index (χ0) is 12.6. The van der Waals surface area contributed by atoms with Crippen LogP contribution in [0.3, 0.4) is 0 Å². The average Bonchev–Trinajstić information content (AvgIpc) is 2.59. The van der Waals surface area contributed by atoms with Gasteiger partial charge in [-0.3, -0.25) is 4.52 Å². The van der Waals surface area contributed by atoms with Crippen LogP contribution in [0.4, 0.5) is 0 Å². The van der Waals surface area contributed by atoms with Crippen LogP contribution >= 0.6 is 23.5 Å². The van der Waals surface area contributed by atoms with Gasteiger partial charge in [0.15, 0.2) is 0 Å². The molecule has 2 unspecified atom stereocenters. The van der Waals surface area contributed by atoms with Crippen LogP contribution in [-0.2, 0) is 26.8 Å². The van der Waals surface area contributed by atoms with E-state index in [0.717, 1.165) is 0 Å². The lowest BCUT2D eigenvalue weighted by molar-refractivity contribution is 0.166. The molecule has 0 aromatic heterocycles. The minimum atomic E-state index is -5.37. The second-order valence-corrected chi connectivity index (χ2v) is 7.27. The molecular weight excluding hydrogens is 289 g/mol. The molecule has 96 valence electrons. The van der Waals surface area contributed by atoms with Gasteiger partial charge in [0, 0.05) is 0 Å². The molecule has 2 atom stereocenters. The van der Waals surface area contributed by atoms with Crippen LogP contribution in [0.5, 0.6) is 0 Å². The van der Waals surface area contributed by atoms with Gasteiger partial charge >= 0.3 is 23.5 Å². The Morgan fingerprint density at radius 2 is 1.38 bits per heavy atom. The van der Waals surface area contributed by atoms with Crippen molar-refractivity contribution in [3.8, 4) is 0 Å². The molecule has 0 radical (unpaired) electrons. The number of rotatable bonds is 6. The van der Waals surface area contributed by atoms with Gasteiger partial charge in [-0.05, 0) is 12.8 Å². The van der Waals surface area contributed by atoms with E-state index >= 15 is 0 Å². The molecule has 1 aliphatic rings. The summed E-state index contributed by atoms with van der Waals surface area (Å²) in [6.07, 6.45) is 0.414. The highest BCUT2D eigenvalue weighted by molar-refractivity contribution is 7.66. The summed E-state index contributed by atoms with van der Waals surface area (Å²) < 4.78 is 43.3. The van der Waals surface area contributed by atoms with Crippen LogP contribution in [0.2, 0.25) is 0 Å². The summed E-state index contributed by atoms with van der Waals surface area (Å²) in [4.78, 5) is 34.0. The molecule has 13 heteroatoms. The van der Waals surface area contributed by atoms with Gasteiger partial charge in [0.2, 0.25) is 0 Å². The van der Waals surface area contributed by atoms with Crippen molar-refractivity contribution in [3.05, 3.63) is 0 Å². The maximum Gasteiger partial charge on any atom is 0.490 e. The largest absolute Gasteiger partial charge is 0.490 e. The van der Waals surface area contributed by atoms with Gasteiger partial charge in [0.1, 0.15) is 0 Å². The van der Waals surface area contributed by atoms with Crippen LogP contribution in [0.25, 0.3) is 0 Å². The summed E-state index contributed by atoms with van der Waals surface area (Å²) in [5.74, 6) is 0. The molecule has 0 aromatic rings. The normalized spacial score (nSPS) is 24.8. The third kappa shape index (κ3) is 6.22. The molecule has 10 nitrogen and oxygen atoms in total. The summed E-state index contributed by atoms with van der Waals surface area (Å²) in [5.41, 5.74) is 0. The quantitative estimate of drug-likeness (QED) is 0.508. The molecule has 0 amide bonds. The predicted octanol–water partition coefficient (Wildman–Crippen LogP) is 0.492. The first kappa shape index (κ1) is 14.5. The van der Waals surface area contributed by atoms with Crippen molar-refractivity contribution in [1.29, 1.82) is 0 Å². The summed E-state index contributed by atoms with van der Waals surface area (Å²) >= 11 is 0. The monoisotopic (exact) mass is 298 g/mol. The summed E-state index contributed by atoms with van der Waals surface area (Å²) in [6, 6.07) is 0. The minimum Gasteiger partial charge on any atom is -0.302 e. The zero-order valence-corrected chi connectivity index (χ0v) is 10.3. The van der Waals surface area contributed by atoms with Crippen molar-refractivity contribution >= 4 is 23.5 Å². The van der Waals surface area contributed by atoms with Crippen molar-refractivity contribution < 1.29 is 46.4 Å². The van der Waals surface area contributed by atoms with E-state index in [1.807, 2.05) is 0 Å². The Hall–Kier alpha value is 0.410. The molecule has 16 heavy (non-hydrogen) atoms. The molecule has 0 heterocycles. The Morgan fingerprint density at radius 1 is 0.875 bits per heavy atom. The smallest absolute Gasteiger partial charge is 0.302 e. The lowest BCUT2D eigenvalue weighted by Crippen LogP contribution is -1.97. The Balaban J connectivity index is 2.59. The third-order valence-corrected chi connectivity index (χ3v) is 5.11. The van der Waals surface area contributed by atoms with Crippen molar-refractivity contribution in [1.82, 2.24) is 0 Å². The standard InChI is InChI=1S/C3H9O10P3/c4-14(5,6)12-16(9,10)13-15(7,8)11-3-1-2-3/h3H,1-2H2,(H,7,8)(H,9,10)(H2,4,5,6). The fourth-order valence-corrected chi connectivity index (χ4v) is 3.91. The minimum absolute atomic E-state index is 0.489. The van der Waals surface area contributed by atoms with E-state index < -0.39 is 29.6 Å². The number of hydrogen-bond acceptors (Lipinski definition) is 6. The molecule has 1 aliphatic carbocycles. The average molecular weight is 298 g/mol. The van der Waals surface area contributed by atoms with Gasteiger partial charge in [0.05, 0.1) is 6.10 Å². The van der Waals surface area contributed by atoms with Crippen molar-refractivity contribution in [3.63, 3.8) is 0 Å². The fraction of sp³-hybridized carbons (Fsp3) is 1.00. The van der Waals surface area contributed by atoms with E-state index in [4.69, 9.17) is 19.6 Å². The highest BCUT2D eigenvalue weighted by atomic mass is 31.3. The molecule has 1 rings (SSSR count). The van der Waals surface area contributed by atoms with Crippen LogP contribution in [0, 0.1) is 0 Å². The lowest BCUT2D eigenvalue weighted by Gasteiger charge is -2.15. The molecule has 1 fully saturated rings. The predicted molar refractivity (Wildman–Crippen MR) is 48.0 cm³/mol. The molecule has 0 bridgehead atoms. The van der Waals surface area contributed by atoms with E-state index in [9.17, 15) is 13.7 Å². The van der Waals surface area contributed by atoms with Gasteiger partial charge in [-0.1, -0.05) is 0 Å². The number of hydrogen-bond donors (Lipinski definition) is 4. The highest BCUT2D eigenvalue weighted by Gasteiger charge is 2.43. The maximum atomic E-state index is 11.0. The topological polar surface area (TPSA) is 160 Å². The lowest BCUT2D eigenvalue weighted by atomic mass is 10.9. The van der Waals surface area contributed by atoms with Gasteiger partial charge in [-0.25, -0.2) is 13.7 Å². The van der Waals surface area contributed by atoms with Crippen LogP contribution in [0.1, 0.15) is 12.8 Å². The van der Waals surface area contributed by atoms with Crippen molar-refractivity contribution in [2.45, 2.75) is 18.9 Å². The van der Waals surface area contributed by atoms with Gasteiger partial charge < -0.3 is 19.6 Å². The SMILES string of the molecule is O=P(O)(O)OP(=O)(O)OP(=O)(O)OC1CC1. The third-order valence-electron chi connectivity index (χ3n) is 1.22. The maximum absolute atomic E-state index is 11.0. The Labute approximate surface area is 89.6 Å². The Morgan fingerprint density at radius 3 is 1.75 bits per heavy atom. The Kier molecular flexibility index (Phi) is 4.15. The second-order valence-electron chi connectivity index (χ2n) is 2.90. The molecular formula is C3H9O10P3. The summed E-state index contributed by atoms with van der Waals surface area (Å²) in [7, 11) is -15.6. The summed E-state index contributed by atoms with van der Waals surface area (Å²) in [5, 5.41) is 0. The van der Waals surface area contributed by atoms with Gasteiger partial charge in [-0.2, -0.15) is 8.62 Å². The van der Waals surface area contributed by atoms with Crippen LogP contribution in [0.15, 0.2) is 0 Å². The number of phosphoric acid groups is 3. The van der Waals surface area contributed by atoms with Gasteiger partial charge in [-0.15, -0.1) is 0 Å². The van der Waals surface area contributed by atoms with E-state index in [-0.39, 0.29) is 0 Å². The van der Waals surface area contributed by atoms with Crippen molar-refractivity contribution in [2.24, 2.45) is 0 Å². The molecule has 0 saturated heterocycles. The summed E-state index contributed by atoms with van der Waals surface area (Å²) in [6.45, 7) is 0. The molecule has 1 saturated carbocycles. The van der Waals surface area contributed by atoms with E-state index in [2.05, 4.69) is 13.1 Å². The Bertz CT molecular complexity index is 392. The van der Waals surface area contributed by atoms with Crippen molar-refractivity contribution in [2.75, 3.05) is 0 Å². The molecule has 0 aliphatic heterocycles. The highest BCUT2D eigenvalue weighted by Crippen LogP contribution is 2.67. The molecule has 0 spiro atoms. The fourth-order valence-electron chi connectivity index (χ4n) is 0.661. The first-order chi connectivity index (χ1) is 6.99. The van der Waals surface area contributed by atoms with Crippen LogP contribution in [-0.4, -0.2) is 25.7 Å². The molecule has 4 N–H and O–H groups in total.